The summed E-state index contributed by atoms with van der Waals surface area (Å²) >= 11 is 0. The van der Waals surface area contributed by atoms with Gasteiger partial charge in [0.25, 0.3) is 0 Å². The van der Waals surface area contributed by atoms with E-state index in [2.05, 4.69) is 0 Å². The first-order valence-electron chi connectivity index (χ1n) is 8.68. The van der Waals surface area contributed by atoms with Gasteiger partial charge in [0.15, 0.2) is 17.8 Å². The van der Waals surface area contributed by atoms with E-state index < -0.39 is 13.9 Å². The number of hydrogen-bond donors (Lipinski definition) is 1. The number of ether oxygens (including phenoxy) is 2. The Hall–Kier alpha value is -2.11. The molecule has 0 saturated carbocycles. The van der Waals surface area contributed by atoms with Gasteiger partial charge in [0.05, 0.1) is 19.0 Å². The van der Waals surface area contributed by atoms with Gasteiger partial charge in [0.1, 0.15) is 0 Å². The van der Waals surface area contributed by atoms with Crippen LogP contribution in [-0.2, 0) is 13.8 Å². The van der Waals surface area contributed by atoms with E-state index in [0.29, 0.717) is 23.4 Å². The fourth-order valence-electron chi connectivity index (χ4n) is 2.35. The Bertz CT molecular complexity index is 790. The predicted molar refractivity (Wildman–Crippen MR) is 106 cm³/mol. The molecule has 2 unspecified atom stereocenters. The van der Waals surface area contributed by atoms with Crippen LogP contribution in [0, 0.1) is 0 Å². The predicted octanol–water partition coefficient (Wildman–Crippen LogP) is 4.00. The minimum atomic E-state index is -3.55. The number of hydrogen-bond acceptors (Lipinski definition) is 6. The number of benzene rings is 2. The summed E-state index contributed by atoms with van der Waals surface area (Å²) in [5.41, 5.74) is 0.768. The van der Waals surface area contributed by atoms with Gasteiger partial charge >= 0.3 is 7.60 Å². The SMILES string of the molecule is CCOC(O)/C=C/c1ccc(OP(=O)(OCC)c2ccccc2)c(OC)c1. The van der Waals surface area contributed by atoms with Crippen LogP contribution in [0.4, 0.5) is 0 Å². The summed E-state index contributed by atoms with van der Waals surface area (Å²) in [6.07, 6.45) is 2.24. The van der Waals surface area contributed by atoms with Crippen molar-refractivity contribution in [1.29, 1.82) is 0 Å². The maximum absolute atomic E-state index is 13.3. The molecule has 0 fully saturated rings. The van der Waals surface area contributed by atoms with Crippen LogP contribution in [0.3, 0.4) is 0 Å². The minimum Gasteiger partial charge on any atom is -0.493 e. The first-order valence-corrected chi connectivity index (χ1v) is 10.2. The van der Waals surface area contributed by atoms with E-state index in [1.807, 2.05) is 6.07 Å². The molecule has 2 aromatic carbocycles. The zero-order valence-corrected chi connectivity index (χ0v) is 16.6. The molecule has 0 saturated heterocycles. The van der Waals surface area contributed by atoms with Crippen LogP contribution in [0.25, 0.3) is 6.08 Å². The second-order valence-electron chi connectivity index (χ2n) is 5.46. The molecule has 0 amide bonds. The third-order valence-electron chi connectivity index (χ3n) is 3.57. The Morgan fingerprint density at radius 2 is 1.81 bits per heavy atom. The monoisotopic (exact) mass is 392 g/mol. The number of rotatable bonds is 10. The van der Waals surface area contributed by atoms with E-state index in [-0.39, 0.29) is 6.61 Å². The molecule has 0 spiro atoms. The largest absolute Gasteiger partial charge is 0.493 e. The van der Waals surface area contributed by atoms with Gasteiger partial charge in [-0.25, -0.2) is 4.57 Å². The number of aliphatic hydroxyl groups excluding tert-OH is 1. The molecule has 0 aromatic heterocycles. The zero-order valence-electron chi connectivity index (χ0n) is 15.7. The summed E-state index contributed by atoms with van der Waals surface area (Å²) in [5, 5.41) is 10.1. The topological polar surface area (TPSA) is 74.2 Å². The molecule has 1 N–H and O–H groups in total. The standard InChI is InChI=1S/C20H25O6P/c1-4-24-20(21)14-12-16-11-13-18(19(15-16)23-3)26-27(22,25-5-2)17-9-7-6-8-10-17/h6-15,20-21H,4-5H2,1-3H3/b14-12+. The zero-order chi connectivity index (χ0) is 19.7. The van der Waals surface area contributed by atoms with Crippen molar-refractivity contribution in [3.63, 3.8) is 0 Å². The van der Waals surface area contributed by atoms with Crippen LogP contribution < -0.4 is 14.6 Å². The molecular weight excluding hydrogens is 367 g/mol. The van der Waals surface area contributed by atoms with E-state index in [1.165, 1.54) is 13.2 Å². The van der Waals surface area contributed by atoms with Crippen LogP contribution in [0.5, 0.6) is 11.5 Å². The normalized spacial score (nSPS) is 14.7. The highest BCUT2D eigenvalue weighted by atomic mass is 31.2. The highest BCUT2D eigenvalue weighted by Crippen LogP contribution is 2.49. The first kappa shape index (κ1) is 21.2. The van der Waals surface area contributed by atoms with Crippen LogP contribution in [-0.4, -0.2) is 31.7 Å². The molecule has 7 heteroatoms. The van der Waals surface area contributed by atoms with E-state index >= 15 is 0 Å². The van der Waals surface area contributed by atoms with Gasteiger partial charge in [-0.3, -0.25) is 4.52 Å². The third-order valence-corrected chi connectivity index (χ3v) is 5.53. The molecule has 0 heterocycles. The highest BCUT2D eigenvalue weighted by Gasteiger charge is 2.29. The molecule has 0 bridgehead atoms. The molecule has 2 rings (SSSR count). The van der Waals surface area contributed by atoms with Gasteiger partial charge in [0, 0.05) is 6.61 Å². The summed E-state index contributed by atoms with van der Waals surface area (Å²) in [7, 11) is -2.05. The van der Waals surface area contributed by atoms with Crippen molar-refractivity contribution < 1.29 is 28.2 Å². The Balaban J connectivity index is 2.28. The summed E-state index contributed by atoms with van der Waals surface area (Å²) in [6, 6.07) is 13.9. The molecule has 0 aliphatic rings. The molecular formula is C20H25O6P. The van der Waals surface area contributed by atoms with Crippen molar-refractivity contribution in [3.8, 4) is 11.5 Å². The average Bonchev–Trinajstić information content (AvgIpc) is 2.68. The van der Waals surface area contributed by atoms with Crippen molar-refractivity contribution >= 4 is 19.0 Å². The fraction of sp³-hybridized carbons (Fsp3) is 0.300. The van der Waals surface area contributed by atoms with Gasteiger partial charge < -0.3 is 19.1 Å². The van der Waals surface area contributed by atoms with Crippen molar-refractivity contribution in [3.05, 3.63) is 60.2 Å². The van der Waals surface area contributed by atoms with E-state index in [0.717, 1.165) is 5.56 Å². The Morgan fingerprint density at radius 3 is 2.44 bits per heavy atom. The van der Waals surface area contributed by atoms with Crippen LogP contribution in [0.15, 0.2) is 54.6 Å². The van der Waals surface area contributed by atoms with Gasteiger partial charge in [-0.15, -0.1) is 0 Å². The van der Waals surface area contributed by atoms with Crippen molar-refractivity contribution in [2.75, 3.05) is 20.3 Å². The van der Waals surface area contributed by atoms with Gasteiger partial charge in [-0.2, -0.15) is 0 Å². The summed E-state index contributed by atoms with van der Waals surface area (Å²) in [5.74, 6) is 0.708. The van der Waals surface area contributed by atoms with E-state index in [1.54, 1.807) is 62.4 Å². The maximum atomic E-state index is 13.3. The molecule has 146 valence electrons. The van der Waals surface area contributed by atoms with Gasteiger partial charge in [0.2, 0.25) is 0 Å². The average molecular weight is 392 g/mol. The number of aliphatic hydroxyl groups is 1. The molecule has 6 nitrogen and oxygen atoms in total. The highest BCUT2D eigenvalue weighted by molar-refractivity contribution is 7.62. The second kappa shape index (κ2) is 10.3. The van der Waals surface area contributed by atoms with Crippen LogP contribution in [0.1, 0.15) is 19.4 Å². The lowest BCUT2D eigenvalue weighted by atomic mass is 10.2. The molecule has 0 radical (unpaired) electrons. The van der Waals surface area contributed by atoms with Crippen molar-refractivity contribution in [1.82, 2.24) is 0 Å². The Morgan fingerprint density at radius 1 is 1.07 bits per heavy atom. The van der Waals surface area contributed by atoms with Crippen LogP contribution in [0.2, 0.25) is 0 Å². The smallest absolute Gasteiger partial charge is 0.410 e. The molecule has 2 atom stereocenters. The fourth-order valence-corrected chi connectivity index (χ4v) is 3.94. The van der Waals surface area contributed by atoms with Crippen molar-refractivity contribution in [2.45, 2.75) is 20.1 Å². The van der Waals surface area contributed by atoms with E-state index in [4.69, 9.17) is 18.5 Å². The quantitative estimate of drug-likeness (QED) is 0.487. The molecule has 2 aromatic rings. The summed E-state index contributed by atoms with van der Waals surface area (Å²) in [6.45, 7) is 4.21. The minimum absolute atomic E-state index is 0.241. The lowest BCUT2D eigenvalue weighted by molar-refractivity contribution is -0.0581. The summed E-state index contributed by atoms with van der Waals surface area (Å²) < 4.78 is 34.9. The Labute approximate surface area is 159 Å². The molecule has 27 heavy (non-hydrogen) atoms. The summed E-state index contributed by atoms with van der Waals surface area (Å²) in [4.78, 5) is 0. The van der Waals surface area contributed by atoms with Crippen molar-refractivity contribution in [2.24, 2.45) is 0 Å². The van der Waals surface area contributed by atoms with Gasteiger partial charge in [-0.1, -0.05) is 30.3 Å². The van der Waals surface area contributed by atoms with Crippen LogP contribution >= 0.6 is 7.60 Å². The molecule has 0 aliphatic heterocycles. The lowest BCUT2D eigenvalue weighted by Crippen LogP contribution is -2.12. The maximum Gasteiger partial charge on any atom is 0.410 e. The second-order valence-corrected chi connectivity index (χ2v) is 7.41. The Kier molecular flexibility index (Phi) is 8.07. The lowest BCUT2D eigenvalue weighted by Gasteiger charge is -2.20. The van der Waals surface area contributed by atoms with E-state index in [9.17, 15) is 9.67 Å². The first-order chi connectivity index (χ1) is 13.0. The third kappa shape index (κ3) is 5.94. The number of methoxy groups -OCH3 is 1. The van der Waals surface area contributed by atoms with Gasteiger partial charge in [-0.05, 0) is 49.8 Å². The molecule has 0 aliphatic carbocycles.